The van der Waals surface area contributed by atoms with Crippen LogP contribution in [0.2, 0.25) is 0 Å². The first-order valence-electron chi connectivity index (χ1n) is 7.96. The van der Waals surface area contributed by atoms with E-state index in [9.17, 15) is 4.79 Å². The lowest BCUT2D eigenvalue weighted by Gasteiger charge is -2.21. The molecule has 24 heavy (non-hydrogen) atoms. The summed E-state index contributed by atoms with van der Waals surface area (Å²) in [4.78, 5) is 13.9. The van der Waals surface area contributed by atoms with Crippen molar-refractivity contribution in [2.75, 3.05) is 20.1 Å². The maximum atomic E-state index is 11.6. The first-order chi connectivity index (χ1) is 11.6. The smallest absolute Gasteiger partial charge is 0.248 e. The van der Waals surface area contributed by atoms with Gasteiger partial charge in [0.25, 0.3) is 0 Å². The van der Waals surface area contributed by atoms with Gasteiger partial charge in [-0.2, -0.15) is 5.10 Å². The molecule has 0 radical (unpaired) electrons. The van der Waals surface area contributed by atoms with Gasteiger partial charge in [0.05, 0.1) is 11.7 Å². The number of likely N-dealkylation sites (N-methyl/N-ethyl adjacent to an activating group) is 1. The van der Waals surface area contributed by atoms with Crippen LogP contribution in [0.1, 0.15) is 22.3 Å². The number of nitrogens with two attached hydrogens (primary N) is 1. The van der Waals surface area contributed by atoms with Crippen LogP contribution < -0.4 is 5.73 Å². The molecule has 6 nitrogen and oxygen atoms in total. The average Bonchev–Trinajstić information content (AvgIpc) is 3.22. The van der Waals surface area contributed by atoms with Crippen molar-refractivity contribution in [3.8, 4) is 5.82 Å². The van der Waals surface area contributed by atoms with Crippen LogP contribution in [0.25, 0.3) is 22.3 Å². The second-order valence-corrected chi connectivity index (χ2v) is 6.19. The van der Waals surface area contributed by atoms with Crippen LogP contribution in [0, 0.1) is 0 Å². The molecule has 3 aromatic rings. The second kappa shape index (κ2) is 5.65. The number of fused-ring (bicyclic) bond motifs is 1. The van der Waals surface area contributed by atoms with E-state index in [1.54, 1.807) is 12.3 Å². The number of H-pyrrole nitrogens is 1. The van der Waals surface area contributed by atoms with E-state index in [1.807, 2.05) is 18.2 Å². The quantitative estimate of drug-likeness (QED) is 0.776. The fraction of sp³-hybridized carbons (Fsp3) is 0.222. The van der Waals surface area contributed by atoms with Gasteiger partial charge in [0, 0.05) is 41.9 Å². The van der Waals surface area contributed by atoms with Gasteiger partial charge in [-0.3, -0.25) is 9.89 Å². The maximum absolute atomic E-state index is 11.6. The molecule has 0 atom stereocenters. The molecular formula is C18H19N5O. The summed E-state index contributed by atoms with van der Waals surface area (Å²) in [7, 11) is 2.12. The fourth-order valence-electron chi connectivity index (χ4n) is 3.24. The lowest BCUT2D eigenvalue weighted by molar-refractivity contribution is 0.100. The summed E-state index contributed by atoms with van der Waals surface area (Å²) in [6, 6.07) is 7.52. The molecule has 2 aromatic heterocycles. The number of benzene rings is 1. The molecule has 1 aromatic carbocycles. The summed E-state index contributed by atoms with van der Waals surface area (Å²) in [6.07, 6.45) is 7.08. The molecule has 3 N–H and O–H groups in total. The molecule has 0 spiro atoms. The normalized spacial score (nSPS) is 15.6. The van der Waals surface area contributed by atoms with Crippen LogP contribution >= 0.6 is 0 Å². The third-order valence-corrected chi connectivity index (χ3v) is 4.59. The van der Waals surface area contributed by atoms with Crippen molar-refractivity contribution in [1.82, 2.24) is 19.7 Å². The minimum absolute atomic E-state index is 0.408. The van der Waals surface area contributed by atoms with E-state index in [2.05, 4.69) is 39.0 Å². The number of carbonyl (C=O) groups excluding carboxylic acids is 1. The zero-order valence-corrected chi connectivity index (χ0v) is 13.5. The highest BCUT2D eigenvalue weighted by Crippen LogP contribution is 2.32. The van der Waals surface area contributed by atoms with E-state index in [1.165, 1.54) is 5.57 Å². The van der Waals surface area contributed by atoms with E-state index in [4.69, 9.17) is 5.73 Å². The van der Waals surface area contributed by atoms with Crippen molar-refractivity contribution in [1.29, 1.82) is 0 Å². The molecule has 3 heterocycles. The van der Waals surface area contributed by atoms with E-state index in [0.717, 1.165) is 41.8 Å². The van der Waals surface area contributed by atoms with E-state index in [0.29, 0.717) is 5.56 Å². The molecule has 0 unspecified atom stereocenters. The Balaban J connectivity index is 1.94. The summed E-state index contributed by atoms with van der Waals surface area (Å²) >= 11 is 0. The third kappa shape index (κ3) is 2.41. The minimum Gasteiger partial charge on any atom is -0.366 e. The molecular weight excluding hydrogens is 302 g/mol. The molecule has 0 saturated carbocycles. The Kier molecular flexibility index (Phi) is 3.46. The predicted molar refractivity (Wildman–Crippen MR) is 94.0 cm³/mol. The number of hydrogen-bond acceptors (Lipinski definition) is 3. The van der Waals surface area contributed by atoms with Crippen LogP contribution in [-0.4, -0.2) is 45.7 Å². The van der Waals surface area contributed by atoms with Gasteiger partial charge in [-0.25, -0.2) is 0 Å². The highest BCUT2D eigenvalue weighted by atomic mass is 16.1. The van der Waals surface area contributed by atoms with Crippen molar-refractivity contribution in [2.24, 2.45) is 5.73 Å². The van der Waals surface area contributed by atoms with E-state index < -0.39 is 5.91 Å². The average molecular weight is 321 g/mol. The van der Waals surface area contributed by atoms with Gasteiger partial charge < -0.3 is 15.2 Å². The Morgan fingerprint density at radius 1 is 1.33 bits per heavy atom. The lowest BCUT2D eigenvalue weighted by Crippen LogP contribution is -2.23. The Labute approximate surface area is 139 Å². The van der Waals surface area contributed by atoms with Gasteiger partial charge in [0.2, 0.25) is 5.91 Å². The predicted octanol–water partition coefficient (Wildman–Crippen LogP) is 2.17. The number of nitrogens with one attached hydrogen (secondary N) is 1. The van der Waals surface area contributed by atoms with Crippen LogP contribution in [0.4, 0.5) is 0 Å². The summed E-state index contributed by atoms with van der Waals surface area (Å²) in [5.41, 5.74) is 9.48. The number of rotatable bonds is 3. The topological polar surface area (TPSA) is 79.9 Å². The largest absolute Gasteiger partial charge is 0.366 e. The van der Waals surface area contributed by atoms with Crippen molar-refractivity contribution in [3.05, 3.63) is 53.9 Å². The van der Waals surface area contributed by atoms with Gasteiger partial charge in [0.1, 0.15) is 5.82 Å². The van der Waals surface area contributed by atoms with Crippen molar-refractivity contribution in [3.63, 3.8) is 0 Å². The summed E-state index contributed by atoms with van der Waals surface area (Å²) in [6.45, 7) is 1.96. The van der Waals surface area contributed by atoms with Crippen molar-refractivity contribution >= 4 is 22.4 Å². The number of primary amides is 1. The Morgan fingerprint density at radius 3 is 2.88 bits per heavy atom. The van der Waals surface area contributed by atoms with Crippen molar-refractivity contribution < 1.29 is 4.79 Å². The minimum atomic E-state index is -0.408. The molecule has 4 rings (SSSR count). The molecule has 6 heteroatoms. The number of hydrogen-bond donors (Lipinski definition) is 2. The van der Waals surface area contributed by atoms with Gasteiger partial charge >= 0.3 is 0 Å². The summed E-state index contributed by atoms with van der Waals surface area (Å²) < 4.78 is 2.07. The zero-order valence-electron chi connectivity index (χ0n) is 13.5. The van der Waals surface area contributed by atoms with E-state index >= 15 is 0 Å². The van der Waals surface area contributed by atoms with E-state index in [-0.39, 0.29) is 0 Å². The molecule has 0 fully saturated rings. The lowest BCUT2D eigenvalue weighted by atomic mass is 9.98. The molecule has 0 aliphatic carbocycles. The Hall–Kier alpha value is -2.86. The monoisotopic (exact) mass is 321 g/mol. The molecule has 1 aliphatic rings. The van der Waals surface area contributed by atoms with Gasteiger partial charge in [-0.1, -0.05) is 6.08 Å². The second-order valence-electron chi connectivity index (χ2n) is 6.19. The zero-order chi connectivity index (χ0) is 16.7. The first-order valence-corrected chi connectivity index (χ1v) is 7.96. The SMILES string of the molecule is CN1CC=C(c2cn(-c3ccn[nH]3)c3ccc(C(N)=O)cc23)CC1. The fourth-order valence-corrected chi connectivity index (χ4v) is 3.24. The van der Waals surface area contributed by atoms with Crippen molar-refractivity contribution in [2.45, 2.75) is 6.42 Å². The Bertz CT molecular complexity index is 936. The van der Waals surface area contributed by atoms with Gasteiger partial charge in [-0.05, 0) is 37.2 Å². The number of amides is 1. The third-order valence-electron chi connectivity index (χ3n) is 4.59. The molecule has 122 valence electrons. The van der Waals surface area contributed by atoms with Crippen LogP contribution in [-0.2, 0) is 0 Å². The van der Waals surface area contributed by atoms with Crippen LogP contribution in [0.3, 0.4) is 0 Å². The molecule has 1 amide bonds. The summed E-state index contributed by atoms with van der Waals surface area (Å²) in [5, 5.41) is 8.08. The number of nitrogens with zero attached hydrogens (tertiary/aromatic N) is 3. The standard InChI is InChI=1S/C18H19N5O/c1-22-8-5-12(6-9-22)15-11-23(17-4-7-20-21-17)16-3-2-13(18(19)24)10-14(15)16/h2-5,7,10-11H,6,8-9H2,1H3,(H2,19,24)(H,20,21). The molecule has 0 bridgehead atoms. The molecule has 0 saturated heterocycles. The maximum Gasteiger partial charge on any atom is 0.248 e. The highest BCUT2D eigenvalue weighted by Gasteiger charge is 2.17. The van der Waals surface area contributed by atoms with Crippen LogP contribution in [0.5, 0.6) is 0 Å². The summed E-state index contributed by atoms with van der Waals surface area (Å²) in [5.74, 6) is 0.487. The number of aromatic amines is 1. The number of aromatic nitrogens is 3. The van der Waals surface area contributed by atoms with Crippen LogP contribution in [0.15, 0.2) is 42.7 Å². The highest BCUT2D eigenvalue weighted by molar-refractivity contribution is 6.01. The van der Waals surface area contributed by atoms with Gasteiger partial charge in [0.15, 0.2) is 0 Å². The number of carbonyl (C=O) groups is 1. The Morgan fingerprint density at radius 2 is 2.21 bits per heavy atom. The first kappa shape index (κ1) is 14.7. The molecule has 1 aliphatic heterocycles. The van der Waals surface area contributed by atoms with Gasteiger partial charge in [-0.15, -0.1) is 0 Å².